The van der Waals surface area contributed by atoms with Crippen molar-refractivity contribution in [2.24, 2.45) is 0 Å². The number of aromatic nitrogens is 4. The molecule has 11 rings (SSSR count). The minimum atomic E-state index is -0.810. The van der Waals surface area contributed by atoms with E-state index >= 15 is 4.79 Å². The third-order valence-corrected chi connectivity index (χ3v) is 17.0. The van der Waals surface area contributed by atoms with Gasteiger partial charge in [0, 0.05) is 137 Å². The van der Waals surface area contributed by atoms with Gasteiger partial charge in [-0.25, -0.2) is 4.98 Å². The summed E-state index contributed by atoms with van der Waals surface area (Å²) in [6, 6.07) is 23.9. The number of carbonyl (C=O) groups is 9. The van der Waals surface area contributed by atoms with Crippen LogP contribution in [0.2, 0.25) is 0 Å². The first-order valence-electron chi connectivity index (χ1n) is 32.3. The van der Waals surface area contributed by atoms with Crippen molar-refractivity contribution >= 4 is 70.3 Å². The monoisotopic (exact) mass is 1360 g/mol. The molecular weight excluding hydrogens is 1280 g/mol. The van der Waals surface area contributed by atoms with Crippen LogP contribution in [0, 0.1) is 0 Å². The Hall–Kier alpha value is -11.5. The summed E-state index contributed by atoms with van der Waals surface area (Å²) in [5.41, 5.74) is 6.51. The Labute approximate surface area is 567 Å². The highest BCUT2D eigenvalue weighted by Crippen LogP contribution is 2.28. The summed E-state index contributed by atoms with van der Waals surface area (Å²) in [5, 5.41) is 68.9. The molecular formula is C67H78N18O14. The van der Waals surface area contributed by atoms with E-state index in [2.05, 4.69) is 62.5 Å². The second kappa shape index (κ2) is 33.5. The van der Waals surface area contributed by atoms with Gasteiger partial charge in [-0.1, -0.05) is 48.5 Å². The highest BCUT2D eigenvalue weighted by atomic mass is 16.5. The topological polar surface area (TPSA) is 437 Å². The van der Waals surface area contributed by atoms with Gasteiger partial charge in [0.1, 0.15) is 35.1 Å². The van der Waals surface area contributed by atoms with Gasteiger partial charge in [0.15, 0.2) is 5.65 Å². The number of amides is 9. The van der Waals surface area contributed by atoms with Crippen molar-refractivity contribution in [3.63, 3.8) is 0 Å². The average Bonchev–Trinajstić information content (AvgIpc) is 1.34. The highest BCUT2D eigenvalue weighted by molar-refractivity contribution is 6.07. The fraction of sp³-hybridized carbons (Fsp3) is 0.343. The lowest BCUT2D eigenvalue weighted by molar-refractivity contribution is -0.122. The molecule has 0 spiro atoms. The number of imidazole rings is 1. The Morgan fingerprint density at radius 3 is 1.13 bits per heavy atom. The number of fused-ring (bicyclic) bond motifs is 17. The van der Waals surface area contributed by atoms with Crippen LogP contribution in [0.3, 0.4) is 0 Å². The number of nitrogens with two attached hydrogens (primary N) is 1. The van der Waals surface area contributed by atoms with Gasteiger partial charge in [0.25, 0.3) is 47.3 Å². The standard InChI is InChI=1S/C67H78N18O14/c68-67-79-57-52(77-40-78-57)65(80-67)99-39-42-15-13-41(14-16-42)37-76-51(86)38-85-36-35-84-30-23-75-63(96)48-10-3-9-47(55(48)89)60(93)71-19-26-82(27-22-74-64(97)49-11-4-12-50(56(49)90)66(85)98)32-31-81-24-17-69-58(91)43-5-1-7-45(53(43)87)61(94)72-20-28-83(33-34-84)29-21-73-62(95)46-8-2-6-44(54(46)88)59(92)70-18-25-81/h1-16,40,87-90H,17-39H2,(H,69,91)(H,70,92)(H,71,93)(H,72,94)(H,73,95)(H,74,97)(H,75,96)(H,76,86)(H3,68,77,78,79,80). The molecule has 99 heavy (non-hydrogen) atoms. The largest absolute Gasteiger partial charge is 0.506 e. The van der Waals surface area contributed by atoms with Crippen molar-refractivity contribution < 1.29 is 68.3 Å². The number of carbonyl (C=O) groups excluding carboxylic acids is 9. The second-order valence-electron chi connectivity index (χ2n) is 23.6. The van der Waals surface area contributed by atoms with Crippen molar-refractivity contribution in [1.29, 1.82) is 0 Å². The van der Waals surface area contributed by atoms with E-state index in [1.54, 1.807) is 24.3 Å². The number of hydrogen-bond donors (Lipinski definition) is 14. The molecule has 32 nitrogen and oxygen atoms in total. The smallest absolute Gasteiger partial charge is 0.258 e. The number of aromatic hydroxyl groups is 4. The van der Waals surface area contributed by atoms with E-state index in [1.165, 1.54) is 84.0 Å². The van der Waals surface area contributed by atoms with Gasteiger partial charge >= 0.3 is 0 Å². The predicted octanol–water partition coefficient (Wildman–Crippen LogP) is -0.447. The van der Waals surface area contributed by atoms with Crippen LogP contribution in [-0.4, -0.2) is 255 Å². The van der Waals surface area contributed by atoms with Crippen LogP contribution in [0.5, 0.6) is 28.9 Å². The number of nitrogens with one attached hydrogen (secondary N) is 9. The summed E-state index contributed by atoms with van der Waals surface area (Å²) >= 11 is 0. The lowest BCUT2D eigenvalue weighted by Crippen LogP contribution is -2.48. The molecule has 12 bridgehead atoms. The van der Waals surface area contributed by atoms with Gasteiger partial charge in [-0.3, -0.25) is 62.8 Å². The number of para-hydroxylation sites is 4. The van der Waals surface area contributed by atoms with Crippen LogP contribution in [0.4, 0.5) is 5.95 Å². The highest BCUT2D eigenvalue weighted by Gasteiger charge is 2.28. The third-order valence-electron chi connectivity index (χ3n) is 17.0. The van der Waals surface area contributed by atoms with Crippen molar-refractivity contribution in [3.8, 4) is 28.9 Å². The second-order valence-corrected chi connectivity index (χ2v) is 23.6. The molecule has 0 saturated carbocycles. The van der Waals surface area contributed by atoms with Gasteiger partial charge in [-0.05, 0) is 59.7 Å². The normalized spacial score (nSPS) is 19.6. The molecule has 0 saturated heterocycles. The predicted molar refractivity (Wildman–Crippen MR) is 359 cm³/mol. The van der Waals surface area contributed by atoms with Crippen LogP contribution in [0.15, 0.2) is 103 Å². The molecule has 2 atom stereocenters. The number of aromatic amines is 1. The summed E-state index contributed by atoms with van der Waals surface area (Å²) in [5.74, 6) is -8.46. The number of nitrogens with zero attached hydrogens (tertiary/aromatic N) is 8. The van der Waals surface area contributed by atoms with Crippen molar-refractivity contribution in [3.05, 3.63) is 159 Å². The average molecular weight is 1360 g/mol. The number of anilines is 1. The molecule has 32 heteroatoms. The van der Waals surface area contributed by atoms with E-state index in [0.29, 0.717) is 16.7 Å². The van der Waals surface area contributed by atoms with E-state index in [4.69, 9.17) is 10.5 Å². The van der Waals surface area contributed by atoms with Crippen LogP contribution in [-0.2, 0) is 17.9 Å². The van der Waals surface area contributed by atoms with Crippen LogP contribution >= 0.6 is 0 Å². The van der Waals surface area contributed by atoms with Gasteiger partial charge in [0.2, 0.25) is 17.7 Å². The van der Waals surface area contributed by atoms with Crippen molar-refractivity contribution in [2.75, 3.05) is 143 Å². The molecule has 9 amide bonds. The number of hydrogen-bond acceptors (Lipinski definition) is 22. The Morgan fingerprint density at radius 2 is 0.758 bits per heavy atom. The Bertz CT molecular complexity index is 4040. The SMILES string of the molecule is Nc1nc(OCc2ccc(CNC(=O)CN3CCN4CCNC(=O)c5cccc(c5O)C(=O)NCCN(CCNC(=O)c5cccc(c5O)C3=O)CCN3CCNC(=O)c5cccc(c5O)C(=O)NCCN(CCNC(=O)c5cccc(c5O)C(=O)NCC3)CC4)cc2)c2[nH]cnc2n1. The van der Waals surface area contributed by atoms with Gasteiger partial charge in [-0.2, -0.15) is 9.97 Å². The quantitative estimate of drug-likeness (QED) is 0.0961. The molecule has 4 aliphatic rings. The number of rotatable bonds is 7. The van der Waals surface area contributed by atoms with Crippen LogP contribution in [0.25, 0.3) is 11.2 Å². The number of phenolic OH excluding ortho intramolecular Hbond substituents is 4. The maximum absolute atomic E-state index is 15.1. The zero-order chi connectivity index (χ0) is 70.0. The molecule has 5 aromatic carbocycles. The Morgan fingerprint density at radius 1 is 0.434 bits per heavy atom. The number of nitrogen functional groups attached to an aromatic ring is 1. The van der Waals surface area contributed by atoms with Crippen LogP contribution < -0.4 is 53.0 Å². The molecule has 2 aromatic heterocycles. The van der Waals surface area contributed by atoms with E-state index in [9.17, 15) is 58.8 Å². The minimum absolute atomic E-state index is 0.00915. The minimum Gasteiger partial charge on any atom is -0.506 e. The molecule has 0 radical (unpaired) electrons. The Balaban J connectivity index is 0.987. The Kier molecular flexibility index (Phi) is 23.8. The summed E-state index contributed by atoms with van der Waals surface area (Å²) in [4.78, 5) is 151. The molecule has 15 N–H and O–H groups in total. The maximum Gasteiger partial charge on any atom is 0.258 e. The maximum atomic E-state index is 15.1. The number of phenols is 4. The summed E-state index contributed by atoms with van der Waals surface area (Å²) in [6.07, 6.45) is 1.45. The van der Waals surface area contributed by atoms with Gasteiger partial charge < -0.3 is 83.3 Å². The summed E-state index contributed by atoms with van der Waals surface area (Å²) < 4.78 is 5.94. The molecule has 2 unspecified atom stereocenters. The van der Waals surface area contributed by atoms with Crippen molar-refractivity contribution in [2.45, 2.75) is 13.2 Å². The number of benzene rings is 5. The molecule has 6 heterocycles. The first-order chi connectivity index (χ1) is 47.9. The molecule has 7 aromatic rings. The van der Waals surface area contributed by atoms with Crippen molar-refractivity contribution in [1.82, 2.24) is 87.0 Å². The molecule has 0 fully saturated rings. The summed E-state index contributed by atoms with van der Waals surface area (Å²) in [7, 11) is 0. The van der Waals surface area contributed by atoms with E-state index in [0.717, 1.165) is 5.56 Å². The summed E-state index contributed by atoms with van der Waals surface area (Å²) in [6.45, 7) is 0.552. The zero-order valence-corrected chi connectivity index (χ0v) is 54.1. The molecule has 0 aliphatic carbocycles. The third kappa shape index (κ3) is 18.4. The first-order valence-corrected chi connectivity index (χ1v) is 32.3. The molecule has 4 aliphatic heterocycles. The lowest BCUT2D eigenvalue weighted by atomic mass is 10.1. The first kappa shape index (κ1) is 70.3. The number of H-pyrrole nitrogens is 1. The molecule has 520 valence electrons. The van der Waals surface area contributed by atoms with E-state index < -0.39 is 82.7 Å². The fourth-order valence-electron chi connectivity index (χ4n) is 11.4. The van der Waals surface area contributed by atoms with Crippen LogP contribution in [0.1, 0.15) is 94.0 Å². The van der Waals surface area contributed by atoms with Gasteiger partial charge in [-0.15, -0.1) is 0 Å². The van der Waals surface area contributed by atoms with E-state index in [1.807, 2.05) is 19.6 Å². The van der Waals surface area contributed by atoms with E-state index in [-0.39, 0.29) is 200 Å². The number of ether oxygens (including phenoxy) is 1. The van der Waals surface area contributed by atoms with Gasteiger partial charge in [0.05, 0.1) is 57.4 Å². The lowest BCUT2D eigenvalue weighted by Gasteiger charge is -2.30. The fourth-order valence-corrected chi connectivity index (χ4v) is 11.4. The zero-order valence-electron chi connectivity index (χ0n) is 54.1.